The zero-order chi connectivity index (χ0) is 22.1. The Bertz CT molecular complexity index is 656. The van der Waals surface area contributed by atoms with Crippen molar-refractivity contribution < 1.29 is 24.1 Å². The van der Waals surface area contributed by atoms with Crippen molar-refractivity contribution in [2.45, 2.75) is 65.3 Å². The SMILES string of the molecule is CCC/C(C[C@@H](C)CC1C=CC(F)=CC1)=C(F)\C(N)=C(/C)C(O)C(CN)C(O)O. The monoisotopic (exact) mass is 414 g/mol. The Kier molecular flexibility index (Phi) is 10.7. The lowest BCUT2D eigenvalue weighted by Crippen LogP contribution is -2.38. The third-order valence-electron chi connectivity index (χ3n) is 5.47. The molecule has 166 valence electrons. The maximum Gasteiger partial charge on any atom is 0.158 e. The minimum Gasteiger partial charge on any atom is -0.396 e. The molecule has 4 atom stereocenters. The van der Waals surface area contributed by atoms with Gasteiger partial charge >= 0.3 is 0 Å². The van der Waals surface area contributed by atoms with E-state index in [1.165, 1.54) is 13.0 Å². The first-order chi connectivity index (χ1) is 13.6. The van der Waals surface area contributed by atoms with Crippen molar-refractivity contribution in [2.75, 3.05) is 6.54 Å². The molecule has 0 radical (unpaired) electrons. The number of nitrogens with two attached hydrogens (primary N) is 2. The minimum absolute atomic E-state index is 0.128. The Morgan fingerprint density at radius 3 is 2.45 bits per heavy atom. The predicted octanol–water partition coefficient (Wildman–Crippen LogP) is 3.34. The number of aliphatic hydroxyl groups excluding tert-OH is 2. The third kappa shape index (κ3) is 7.66. The summed E-state index contributed by atoms with van der Waals surface area (Å²) in [5, 5.41) is 29.0. The van der Waals surface area contributed by atoms with E-state index >= 15 is 4.39 Å². The summed E-state index contributed by atoms with van der Waals surface area (Å²) in [5.74, 6) is -1.45. The van der Waals surface area contributed by atoms with Crippen LogP contribution in [0.25, 0.3) is 0 Å². The number of allylic oxidation sites excluding steroid dienone is 6. The van der Waals surface area contributed by atoms with Crippen LogP contribution in [0.4, 0.5) is 8.78 Å². The van der Waals surface area contributed by atoms with E-state index in [1.807, 2.05) is 19.9 Å². The van der Waals surface area contributed by atoms with Crippen molar-refractivity contribution in [3.8, 4) is 0 Å². The molecule has 0 aromatic rings. The van der Waals surface area contributed by atoms with E-state index in [0.717, 1.165) is 12.8 Å². The van der Waals surface area contributed by atoms with Crippen LogP contribution in [0.2, 0.25) is 0 Å². The number of rotatable bonds is 11. The van der Waals surface area contributed by atoms with Crippen LogP contribution in [-0.4, -0.2) is 34.3 Å². The van der Waals surface area contributed by atoms with E-state index in [1.54, 1.807) is 6.08 Å². The number of hydrogen-bond acceptors (Lipinski definition) is 5. The standard InChI is InChI=1S/C22H36F2N2O3/c1-4-5-16(11-13(2)10-15-6-8-17(23)9-7-15)19(24)20(26)14(3)21(27)18(12-25)22(28)29/h6,8-9,13,15,18,21-22,27-29H,4-5,7,10-12,25-26H2,1-3H3/b19-16-,20-14-/t13-,15?,18?,21?/m0/s1. The molecule has 0 aliphatic heterocycles. The highest BCUT2D eigenvalue weighted by Crippen LogP contribution is 2.31. The average molecular weight is 415 g/mol. The zero-order valence-corrected chi connectivity index (χ0v) is 17.6. The van der Waals surface area contributed by atoms with E-state index in [0.29, 0.717) is 24.8 Å². The lowest BCUT2D eigenvalue weighted by Gasteiger charge is -2.25. The quantitative estimate of drug-likeness (QED) is 0.263. The first-order valence-corrected chi connectivity index (χ1v) is 10.2. The van der Waals surface area contributed by atoms with Gasteiger partial charge < -0.3 is 26.8 Å². The maximum absolute atomic E-state index is 15.2. The second-order valence-corrected chi connectivity index (χ2v) is 8.01. The molecule has 1 rings (SSSR count). The van der Waals surface area contributed by atoms with Gasteiger partial charge in [-0.15, -0.1) is 0 Å². The van der Waals surface area contributed by atoms with Crippen LogP contribution in [0, 0.1) is 17.8 Å². The normalized spacial score (nSPS) is 22.0. The van der Waals surface area contributed by atoms with Crippen LogP contribution in [0.5, 0.6) is 0 Å². The van der Waals surface area contributed by atoms with Gasteiger partial charge in [0, 0.05) is 6.54 Å². The van der Waals surface area contributed by atoms with Crippen molar-refractivity contribution in [1.82, 2.24) is 0 Å². The molecule has 29 heavy (non-hydrogen) atoms. The van der Waals surface area contributed by atoms with Gasteiger partial charge in [0.25, 0.3) is 0 Å². The van der Waals surface area contributed by atoms with Crippen molar-refractivity contribution in [2.24, 2.45) is 29.2 Å². The molecular formula is C22H36F2N2O3. The molecule has 0 bridgehead atoms. The summed E-state index contributed by atoms with van der Waals surface area (Å²) < 4.78 is 28.3. The van der Waals surface area contributed by atoms with E-state index in [9.17, 15) is 19.7 Å². The van der Waals surface area contributed by atoms with Gasteiger partial charge in [-0.3, -0.25) is 0 Å². The summed E-state index contributed by atoms with van der Waals surface area (Å²) in [6.07, 6.45) is 4.91. The van der Waals surface area contributed by atoms with Crippen molar-refractivity contribution in [3.05, 3.63) is 46.7 Å². The molecule has 0 aromatic heterocycles. The largest absolute Gasteiger partial charge is 0.396 e. The molecule has 0 heterocycles. The Hall–Kier alpha value is -1.54. The fourth-order valence-corrected chi connectivity index (χ4v) is 3.70. The van der Waals surface area contributed by atoms with Crippen LogP contribution < -0.4 is 11.5 Å². The highest BCUT2D eigenvalue weighted by Gasteiger charge is 2.28. The molecule has 1 aliphatic carbocycles. The number of halogens is 2. The van der Waals surface area contributed by atoms with Gasteiger partial charge in [0.1, 0.15) is 11.7 Å². The molecule has 0 saturated heterocycles. The molecule has 0 aromatic carbocycles. The average Bonchev–Trinajstić information content (AvgIpc) is 2.67. The molecule has 1 aliphatic rings. The zero-order valence-electron chi connectivity index (χ0n) is 17.6. The maximum atomic E-state index is 15.2. The predicted molar refractivity (Wildman–Crippen MR) is 112 cm³/mol. The van der Waals surface area contributed by atoms with E-state index < -0.39 is 24.1 Å². The van der Waals surface area contributed by atoms with E-state index in [4.69, 9.17) is 11.5 Å². The Labute approximate surface area is 172 Å². The molecular weight excluding hydrogens is 378 g/mol. The number of hydrogen-bond donors (Lipinski definition) is 5. The van der Waals surface area contributed by atoms with Crippen molar-refractivity contribution in [1.29, 1.82) is 0 Å². The van der Waals surface area contributed by atoms with Crippen LogP contribution in [0.3, 0.4) is 0 Å². The summed E-state index contributed by atoms with van der Waals surface area (Å²) in [6, 6.07) is 0. The van der Waals surface area contributed by atoms with Crippen LogP contribution in [0.15, 0.2) is 46.7 Å². The van der Waals surface area contributed by atoms with Crippen LogP contribution in [0.1, 0.15) is 52.9 Å². The molecule has 7 heteroatoms. The Morgan fingerprint density at radius 1 is 1.31 bits per heavy atom. The second kappa shape index (κ2) is 12.2. The topological polar surface area (TPSA) is 113 Å². The van der Waals surface area contributed by atoms with Gasteiger partial charge in [0.2, 0.25) is 0 Å². The molecule has 0 spiro atoms. The van der Waals surface area contributed by atoms with Crippen LogP contribution >= 0.6 is 0 Å². The minimum atomic E-state index is -1.83. The first kappa shape index (κ1) is 25.5. The smallest absolute Gasteiger partial charge is 0.158 e. The molecule has 0 fully saturated rings. The van der Waals surface area contributed by atoms with Gasteiger partial charge in [0.05, 0.1) is 17.7 Å². The van der Waals surface area contributed by atoms with E-state index in [2.05, 4.69) is 0 Å². The lowest BCUT2D eigenvalue weighted by molar-refractivity contribution is -0.107. The van der Waals surface area contributed by atoms with Gasteiger partial charge in [-0.25, -0.2) is 8.78 Å². The van der Waals surface area contributed by atoms with Crippen molar-refractivity contribution in [3.63, 3.8) is 0 Å². The molecule has 7 N–H and O–H groups in total. The van der Waals surface area contributed by atoms with Gasteiger partial charge in [0.15, 0.2) is 6.29 Å². The summed E-state index contributed by atoms with van der Waals surface area (Å²) in [5.41, 5.74) is 12.0. The summed E-state index contributed by atoms with van der Waals surface area (Å²) >= 11 is 0. The Balaban J connectivity index is 2.98. The summed E-state index contributed by atoms with van der Waals surface area (Å²) in [4.78, 5) is 0. The van der Waals surface area contributed by atoms with Gasteiger partial charge in [-0.2, -0.15) is 0 Å². The third-order valence-corrected chi connectivity index (χ3v) is 5.47. The Morgan fingerprint density at radius 2 is 1.97 bits per heavy atom. The molecule has 5 nitrogen and oxygen atoms in total. The lowest BCUT2D eigenvalue weighted by atomic mass is 9.85. The second-order valence-electron chi connectivity index (χ2n) is 8.01. The van der Waals surface area contributed by atoms with E-state index in [-0.39, 0.29) is 35.5 Å². The van der Waals surface area contributed by atoms with Gasteiger partial charge in [-0.1, -0.05) is 26.3 Å². The summed E-state index contributed by atoms with van der Waals surface area (Å²) in [6.45, 7) is 5.26. The van der Waals surface area contributed by atoms with Gasteiger partial charge in [-0.05, 0) is 67.7 Å². The first-order valence-electron chi connectivity index (χ1n) is 10.2. The molecule has 0 amide bonds. The number of aliphatic hydroxyl groups is 3. The van der Waals surface area contributed by atoms with Crippen molar-refractivity contribution >= 4 is 0 Å². The molecule has 3 unspecified atom stereocenters. The summed E-state index contributed by atoms with van der Waals surface area (Å²) in [7, 11) is 0. The highest BCUT2D eigenvalue weighted by atomic mass is 19.1. The fourth-order valence-electron chi connectivity index (χ4n) is 3.70. The molecule has 0 saturated carbocycles. The van der Waals surface area contributed by atoms with Crippen LogP contribution in [-0.2, 0) is 0 Å². The fraction of sp³-hybridized carbons (Fsp3) is 0.636. The highest BCUT2D eigenvalue weighted by molar-refractivity contribution is 5.33.